The second kappa shape index (κ2) is 8.79. The highest BCUT2D eigenvalue weighted by Gasteiger charge is 2.16. The van der Waals surface area contributed by atoms with Gasteiger partial charge >= 0.3 is 0 Å². The fourth-order valence-electron chi connectivity index (χ4n) is 2.62. The number of fused-ring (bicyclic) bond motifs is 1. The number of carbonyl (C=O) groups is 1. The molecule has 3 aromatic rings. The molecule has 0 fully saturated rings. The highest BCUT2D eigenvalue weighted by Crippen LogP contribution is 2.18. The number of aryl methyl sites for hydroxylation is 2. The molecule has 138 valence electrons. The third-order valence-corrected chi connectivity index (χ3v) is 4.96. The number of hydrogen-bond donors (Lipinski definition) is 1. The Morgan fingerprint density at radius 2 is 2.00 bits per heavy atom. The number of nitrogens with one attached hydrogen (secondary N) is 1. The van der Waals surface area contributed by atoms with E-state index in [2.05, 4.69) is 37.5 Å². The van der Waals surface area contributed by atoms with Crippen LogP contribution in [-0.4, -0.2) is 35.7 Å². The summed E-state index contributed by atoms with van der Waals surface area (Å²) in [6.45, 7) is 4.10. The van der Waals surface area contributed by atoms with Crippen molar-refractivity contribution in [3.8, 4) is 0 Å². The number of aromatic nitrogens is 6. The minimum atomic E-state index is -0.405. The molecule has 0 aliphatic carbocycles. The molecule has 9 heteroatoms. The number of anilines is 1. The van der Waals surface area contributed by atoms with Crippen molar-refractivity contribution >= 4 is 28.2 Å². The molecule has 1 amide bonds. The first-order valence-electron chi connectivity index (χ1n) is 8.99. The van der Waals surface area contributed by atoms with Gasteiger partial charge in [0.1, 0.15) is 5.01 Å². The lowest BCUT2D eigenvalue weighted by atomic mass is 10.1. The van der Waals surface area contributed by atoms with Crippen LogP contribution in [0.2, 0.25) is 0 Å². The highest BCUT2D eigenvalue weighted by molar-refractivity contribution is 7.15. The van der Waals surface area contributed by atoms with Crippen LogP contribution in [0.5, 0.6) is 0 Å². The summed E-state index contributed by atoms with van der Waals surface area (Å²) in [7, 11) is 0. The summed E-state index contributed by atoms with van der Waals surface area (Å²) < 4.78 is 1.54. The van der Waals surface area contributed by atoms with Crippen LogP contribution in [0.25, 0.3) is 5.78 Å². The molecule has 0 spiro atoms. The topological polar surface area (TPSA) is 98.0 Å². The maximum absolute atomic E-state index is 12.3. The van der Waals surface area contributed by atoms with E-state index >= 15 is 0 Å². The molecule has 0 unspecified atom stereocenters. The molecule has 0 aliphatic rings. The van der Waals surface area contributed by atoms with Crippen molar-refractivity contribution < 1.29 is 4.79 Å². The molecular weight excluding hydrogens is 350 g/mol. The van der Waals surface area contributed by atoms with Gasteiger partial charge in [-0.05, 0) is 19.4 Å². The van der Waals surface area contributed by atoms with Crippen LogP contribution in [0.15, 0.2) is 12.3 Å². The average molecular weight is 373 g/mol. The first-order valence-corrected chi connectivity index (χ1v) is 9.81. The van der Waals surface area contributed by atoms with Crippen molar-refractivity contribution in [1.29, 1.82) is 0 Å². The molecule has 26 heavy (non-hydrogen) atoms. The normalized spacial score (nSPS) is 11.2. The number of hydrogen-bond acceptors (Lipinski definition) is 7. The van der Waals surface area contributed by atoms with Gasteiger partial charge in [-0.1, -0.05) is 50.4 Å². The average Bonchev–Trinajstić information content (AvgIpc) is 3.25. The zero-order valence-electron chi connectivity index (χ0n) is 15.1. The largest absolute Gasteiger partial charge is 0.297 e. The molecule has 0 saturated carbocycles. The summed E-state index contributed by atoms with van der Waals surface area (Å²) in [6, 6.07) is 1.81. The molecule has 3 aromatic heterocycles. The maximum atomic E-state index is 12.3. The van der Waals surface area contributed by atoms with Crippen LogP contribution >= 0.6 is 11.3 Å². The van der Waals surface area contributed by atoms with Gasteiger partial charge in [0, 0.05) is 18.3 Å². The lowest BCUT2D eigenvalue weighted by Crippen LogP contribution is -2.13. The molecule has 0 radical (unpaired) electrons. The van der Waals surface area contributed by atoms with Crippen LogP contribution in [0, 0.1) is 6.92 Å². The summed E-state index contributed by atoms with van der Waals surface area (Å²) in [5.41, 5.74) is 0.860. The third kappa shape index (κ3) is 4.60. The maximum Gasteiger partial charge on any atom is 0.297 e. The van der Waals surface area contributed by atoms with Gasteiger partial charge in [0.15, 0.2) is 0 Å². The Labute approximate surface area is 156 Å². The van der Waals surface area contributed by atoms with E-state index in [0.29, 0.717) is 10.9 Å². The summed E-state index contributed by atoms with van der Waals surface area (Å²) in [5, 5.41) is 16.5. The molecule has 0 aliphatic heterocycles. The first-order chi connectivity index (χ1) is 12.7. The molecule has 0 atom stereocenters. The zero-order chi connectivity index (χ0) is 18.4. The van der Waals surface area contributed by atoms with Crippen molar-refractivity contribution in [2.75, 3.05) is 5.32 Å². The highest BCUT2D eigenvalue weighted by atomic mass is 32.1. The number of carbonyl (C=O) groups excluding carboxylic acids is 1. The van der Waals surface area contributed by atoms with E-state index in [0.717, 1.165) is 23.5 Å². The number of rotatable bonds is 9. The van der Waals surface area contributed by atoms with E-state index in [9.17, 15) is 4.79 Å². The standard InChI is InChI=1S/C17H23N7OS/c1-3-4-5-6-7-8-9-13-21-22-17(26-13)20-15(25)14-19-16-18-11-10-12(2)24(16)23-14/h10-11H,3-9H2,1-2H3,(H,20,22,25). The molecular formula is C17H23N7OS. The Hall–Kier alpha value is -2.42. The number of nitrogens with zero attached hydrogens (tertiary/aromatic N) is 6. The molecule has 0 aromatic carbocycles. The summed E-state index contributed by atoms with van der Waals surface area (Å²) in [4.78, 5) is 20.6. The van der Waals surface area contributed by atoms with Gasteiger partial charge in [-0.15, -0.1) is 15.3 Å². The minimum absolute atomic E-state index is 0.0690. The van der Waals surface area contributed by atoms with Crippen molar-refractivity contribution in [2.45, 2.75) is 58.8 Å². The third-order valence-electron chi connectivity index (χ3n) is 4.06. The SMILES string of the molecule is CCCCCCCCc1nnc(NC(=O)c2nc3nccc(C)n3n2)s1. The van der Waals surface area contributed by atoms with Crippen LogP contribution in [-0.2, 0) is 6.42 Å². The molecule has 0 saturated heterocycles. The molecule has 0 bridgehead atoms. The second-order valence-electron chi connectivity index (χ2n) is 6.21. The fourth-order valence-corrected chi connectivity index (χ4v) is 3.39. The van der Waals surface area contributed by atoms with Gasteiger partial charge < -0.3 is 0 Å². The van der Waals surface area contributed by atoms with Gasteiger partial charge in [0.05, 0.1) is 0 Å². The molecule has 3 rings (SSSR count). The Balaban J connectivity index is 1.53. The Morgan fingerprint density at radius 3 is 2.81 bits per heavy atom. The van der Waals surface area contributed by atoms with Crippen LogP contribution in [0.4, 0.5) is 5.13 Å². The Kier molecular flexibility index (Phi) is 6.21. The second-order valence-corrected chi connectivity index (χ2v) is 7.27. The van der Waals surface area contributed by atoms with Crippen molar-refractivity contribution in [2.24, 2.45) is 0 Å². The van der Waals surface area contributed by atoms with Crippen molar-refractivity contribution in [3.63, 3.8) is 0 Å². The van der Waals surface area contributed by atoms with Gasteiger partial charge in [-0.2, -0.15) is 4.98 Å². The smallest absolute Gasteiger partial charge is 0.294 e. The fraction of sp³-hybridized carbons (Fsp3) is 0.529. The lowest BCUT2D eigenvalue weighted by molar-refractivity contribution is 0.101. The molecule has 1 N–H and O–H groups in total. The summed E-state index contributed by atoms with van der Waals surface area (Å²) >= 11 is 1.40. The first kappa shape index (κ1) is 18.4. The van der Waals surface area contributed by atoms with E-state index in [1.54, 1.807) is 10.7 Å². The van der Waals surface area contributed by atoms with E-state index in [1.807, 2.05) is 13.0 Å². The van der Waals surface area contributed by atoms with Gasteiger partial charge in [-0.25, -0.2) is 9.50 Å². The van der Waals surface area contributed by atoms with Gasteiger partial charge in [0.25, 0.3) is 11.7 Å². The zero-order valence-corrected chi connectivity index (χ0v) is 15.9. The Bertz CT molecular complexity index is 873. The summed E-state index contributed by atoms with van der Waals surface area (Å²) in [5.74, 6) is 0.0628. The quantitative estimate of drug-likeness (QED) is 0.577. The number of unbranched alkanes of at least 4 members (excludes halogenated alkanes) is 5. The van der Waals surface area contributed by atoms with E-state index < -0.39 is 5.91 Å². The van der Waals surface area contributed by atoms with Crippen molar-refractivity contribution in [3.05, 3.63) is 28.8 Å². The molecule has 8 nitrogen and oxygen atoms in total. The van der Waals surface area contributed by atoms with Crippen molar-refractivity contribution in [1.82, 2.24) is 29.8 Å². The number of amides is 1. The van der Waals surface area contributed by atoms with Gasteiger partial charge in [-0.3, -0.25) is 10.1 Å². The predicted octanol–water partition coefficient (Wildman–Crippen LogP) is 3.44. The van der Waals surface area contributed by atoms with Crippen LogP contribution < -0.4 is 5.32 Å². The minimum Gasteiger partial charge on any atom is -0.294 e. The monoisotopic (exact) mass is 373 g/mol. The van der Waals surface area contributed by atoms with E-state index in [1.165, 1.54) is 43.4 Å². The van der Waals surface area contributed by atoms with Crippen LogP contribution in [0.3, 0.4) is 0 Å². The lowest BCUT2D eigenvalue weighted by Gasteiger charge is -1.98. The van der Waals surface area contributed by atoms with E-state index in [4.69, 9.17) is 0 Å². The van der Waals surface area contributed by atoms with E-state index in [-0.39, 0.29) is 5.82 Å². The Morgan fingerprint density at radius 1 is 1.19 bits per heavy atom. The summed E-state index contributed by atoms with van der Waals surface area (Å²) in [6.07, 6.45) is 9.98. The predicted molar refractivity (Wildman–Crippen MR) is 100 cm³/mol. The van der Waals surface area contributed by atoms with Gasteiger partial charge in [0.2, 0.25) is 11.0 Å². The molecule has 3 heterocycles. The van der Waals surface area contributed by atoms with Crippen LogP contribution in [0.1, 0.15) is 66.8 Å².